The number of carbonyl (C=O) groups excluding carboxylic acids is 1. The number of rotatable bonds is 11. The first-order valence-electron chi connectivity index (χ1n) is 15.5. The smallest absolute Gasteiger partial charge is 0.260 e. The molecule has 0 heterocycles. The van der Waals surface area contributed by atoms with Crippen molar-refractivity contribution in [2.45, 2.75) is 124 Å². The van der Waals surface area contributed by atoms with Gasteiger partial charge in [-0.3, -0.25) is 9.63 Å². The van der Waals surface area contributed by atoms with Crippen LogP contribution in [-0.2, 0) is 9.63 Å². The number of hydrogen-bond acceptors (Lipinski definition) is 4. The largest absolute Gasteiger partial charge is 0.320 e. The number of nitrogens with one attached hydrogen (secondary N) is 1. The van der Waals surface area contributed by atoms with Crippen molar-refractivity contribution in [1.29, 1.82) is 0 Å². The molecule has 4 nitrogen and oxygen atoms in total. The summed E-state index contributed by atoms with van der Waals surface area (Å²) in [6.07, 6.45) is 19.7. The zero-order valence-electron chi connectivity index (χ0n) is 24.7. The van der Waals surface area contributed by atoms with Crippen LogP contribution in [0.3, 0.4) is 0 Å². The maximum Gasteiger partial charge on any atom is 0.260 e. The Morgan fingerprint density at radius 2 is 1.89 bits per heavy atom. The van der Waals surface area contributed by atoms with E-state index in [1.165, 1.54) is 57.8 Å². The van der Waals surface area contributed by atoms with Gasteiger partial charge in [0.05, 0.1) is 12.1 Å². The van der Waals surface area contributed by atoms with Crippen molar-refractivity contribution in [2.24, 2.45) is 52.1 Å². The summed E-state index contributed by atoms with van der Waals surface area (Å²) >= 11 is 1.72. The predicted octanol–water partition coefficient (Wildman–Crippen LogP) is 7.52. The monoisotopic (exact) mass is 532 g/mol. The lowest BCUT2D eigenvalue weighted by molar-refractivity contribution is -0.142. The van der Waals surface area contributed by atoms with Gasteiger partial charge in [0.15, 0.2) is 0 Å². The molecule has 212 valence electrons. The van der Waals surface area contributed by atoms with Crippen LogP contribution in [0.4, 0.5) is 0 Å². The van der Waals surface area contributed by atoms with Crippen LogP contribution in [-0.4, -0.2) is 30.1 Å². The molecule has 0 radical (unpaired) electrons. The zero-order chi connectivity index (χ0) is 26.8. The van der Waals surface area contributed by atoms with Gasteiger partial charge in [0, 0.05) is 0 Å². The van der Waals surface area contributed by atoms with Crippen molar-refractivity contribution in [1.82, 2.24) is 5.48 Å². The average Bonchev–Trinajstić information content (AvgIpc) is 3.22. The first-order valence-corrected chi connectivity index (χ1v) is 16.9. The Hall–Kier alpha value is -0.520. The summed E-state index contributed by atoms with van der Waals surface area (Å²) in [4.78, 5) is 18.3. The van der Waals surface area contributed by atoms with Gasteiger partial charge in [0.2, 0.25) is 0 Å². The van der Waals surface area contributed by atoms with Crippen LogP contribution in [0.1, 0.15) is 112 Å². The van der Waals surface area contributed by atoms with Gasteiger partial charge in [-0.15, -0.1) is 0 Å². The number of carbonyl (C=O) groups is 1. The third-order valence-electron chi connectivity index (χ3n) is 11.6. The molecule has 37 heavy (non-hydrogen) atoms. The Labute approximate surface area is 232 Å². The van der Waals surface area contributed by atoms with Crippen LogP contribution in [0.15, 0.2) is 11.6 Å². The van der Waals surface area contributed by atoms with E-state index in [0.717, 1.165) is 54.1 Å². The summed E-state index contributed by atoms with van der Waals surface area (Å²) in [7, 11) is 0. The van der Waals surface area contributed by atoms with Gasteiger partial charge in [-0.1, -0.05) is 65.5 Å². The van der Waals surface area contributed by atoms with Crippen molar-refractivity contribution in [2.75, 3.05) is 12.0 Å². The molecule has 0 aromatic heterocycles. The lowest BCUT2D eigenvalue weighted by Crippen LogP contribution is -2.51. The van der Waals surface area contributed by atoms with Gasteiger partial charge in [0.1, 0.15) is 0 Å². The van der Waals surface area contributed by atoms with Crippen molar-refractivity contribution in [3.05, 3.63) is 11.6 Å². The fraction of sp³-hybridized carbons (Fsp3) is 0.906. The maximum absolute atomic E-state index is 12.3. The van der Waals surface area contributed by atoms with E-state index < -0.39 is 6.04 Å². The summed E-state index contributed by atoms with van der Waals surface area (Å²) in [5.74, 6) is 5.89. The Morgan fingerprint density at radius 1 is 1.11 bits per heavy atom. The molecular weight excluding hydrogens is 476 g/mol. The normalized spacial score (nSPS) is 38.8. The second kappa shape index (κ2) is 12.3. The molecule has 0 bridgehead atoms. The number of allylic oxidation sites excluding steroid dienone is 1. The fourth-order valence-corrected chi connectivity index (χ4v) is 9.84. The first-order chi connectivity index (χ1) is 17.6. The third-order valence-corrected chi connectivity index (χ3v) is 12.2. The van der Waals surface area contributed by atoms with Gasteiger partial charge in [0.25, 0.3) is 5.91 Å². The molecule has 4 rings (SSSR count). The molecule has 3 fully saturated rings. The van der Waals surface area contributed by atoms with Gasteiger partial charge in [-0.25, -0.2) is 5.48 Å². The second-order valence-corrected chi connectivity index (χ2v) is 15.1. The number of thioether (sulfide) groups is 1. The molecule has 0 aromatic carbocycles. The molecule has 0 aliphatic heterocycles. The molecule has 5 heteroatoms. The Kier molecular flexibility index (Phi) is 9.82. The Morgan fingerprint density at radius 3 is 2.62 bits per heavy atom. The second-order valence-electron chi connectivity index (χ2n) is 14.1. The number of nitrogens with two attached hydrogens (primary N) is 1. The lowest BCUT2D eigenvalue weighted by Gasteiger charge is -2.58. The SMILES string of the molecule is CSCC[C@H](N)C(=O)NO[C@H]1CC[C@@]2(C)C(=CC[C@H]3[C@@H]4CC[C@H]([C@H](C)CCCC(C)C)[C@@]4(C)CC[C@@H]32)C1. The van der Waals surface area contributed by atoms with Gasteiger partial charge < -0.3 is 5.73 Å². The van der Waals surface area contributed by atoms with Crippen molar-refractivity contribution in [3.8, 4) is 0 Å². The van der Waals surface area contributed by atoms with E-state index in [9.17, 15) is 4.79 Å². The van der Waals surface area contributed by atoms with Crippen molar-refractivity contribution >= 4 is 17.7 Å². The maximum atomic E-state index is 12.3. The average molecular weight is 533 g/mol. The highest BCUT2D eigenvalue weighted by Gasteiger charge is 2.59. The summed E-state index contributed by atoms with van der Waals surface area (Å²) in [5.41, 5.74) is 11.2. The Balaban J connectivity index is 1.36. The highest BCUT2D eigenvalue weighted by molar-refractivity contribution is 7.98. The van der Waals surface area contributed by atoms with Crippen LogP contribution in [0.5, 0.6) is 0 Å². The van der Waals surface area contributed by atoms with E-state index in [-0.39, 0.29) is 12.0 Å². The summed E-state index contributed by atoms with van der Waals surface area (Å²) < 4.78 is 0. The topological polar surface area (TPSA) is 64.4 Å². The summed E-state index contributed by atoms with van der Waals surface area (Å²) in [6.45, 7) is 12.5. The van der Waals surface area contributed by atoms with Crippen molar-refractivity contribution < 1.29 is 9.63 Å². The van der Waals surface area contributed by atoms with Crippen LogP contribution < -0.4 is 11.2 Å². The standard InChI is InChI=1S/C32H56N2O2S/c1-21(2)8-7-9-22(3)26-12-13-27-25-11-10-23-20-24(36-34-30(35)29(33)16-19-37-6)14-17-31(23,4)28(25)15-18-32(26,27)5/h10,21-22,24-29H,7-9,11-20,33H2,1-6H3,(H,34,35)/t22-,24+,25+,26-,27+,28+,29+,31+,32-/m1/s1. The number of amides is 1. The zero-order valence-corrected chi connectivity index (χ0v) is 25.5. The molecule has 1 amide bonds. The molecular formula is C32H56N2O2S. The third kappa shape index (κ3) is 6.14. The molecule has 9 atom stereocenters. The van der Waals surface area contributed by atoms with E-state index in [1.807, 2.05) is 6.26 Å². The fourth-order valence-electron chi connectivity index (χ4n) is 9.35. The number of hydrogen-bond donors (Lipinski definition) is 2. The Bertz CT molecular complexity index is 815. The molecule has 0 saturated heterocycles. The number of hydroxylamine groups is 1. The van der Waals surface area contributed by atoms with E-state index >= 15 is 0 Å². The summed E-state index contributed by atoms with van der Waals surface area (Å²) in [5, 5.41) is 0. The van der Waals surface area contributed by atoms with Gasteiger partial charge in [-0.2, -0.15) is 11.8 Å². The minimum absolute atomic E-state index is 0.0731. The van der Waals surface area contributed by atoms with E-state index in [4.69, 9.17) is 10.6 Å². The van der Waals surface area contributed by atoms with Gasteiger partial charge >= 0.3 is 0 Å². The van der Waals surface area contributed by atoms with Crippen LogP contribution >= 0.6 is 11.8 Å². The predicted molar refractivity (Wildman–Crippen MR) is 157 cm³/mol. The van der Waals surface area contributed by atoms with Crippen LogP contribution in [0.2, 0.25) is 0 Å². The first kappa shape index (κ1) is 29.5. The van der Waals surface area contributed by atoms with Crippen LogP contribution in [0.25, 0.3) is 0 Å². The lowest BCUT2D eigenvalue weighted by atomic mass is 9.47. The van der Waals surface area contributed by atoms with E-state index in [2.05, 4.69) is 46.2 Å². The highest BCUT2D eigenvalue weighted by atomic mass is 32.2. The minimum Gasteiger partial charge on any atom is -0.320 e. The number of fused-ring (bicyclic) bond motifs is 5. The van der Waals surface area contributed by atoms with Crippen molar-refractivity contribution in [3.63, 3.8) is 0 Å². The quantitative estimate of drug-likeness (QED) is 0.213. The highest BCUT2D eigenvalue weighted by Crippen LogP contribution is 2.67. The molecule has 0 spiro atoms. The van der Waals surface area contributed by atoms with Gasteiger partial charge in [-0.05, 0) is 116 Å². The minimum atomic E-state index is -0.485. The molecule has 3 saturated carbocycles. The molecule has 3 N–H and O–H groups in total. The van der Waals surface area contributed by atoms with E-state index in [1.54, 1.807) is 17.3 Å². The molecule has 0 aromatic rings. The molecule has 4 aliphatic carbocycles. The van der Waals surface area contributed by atoms with Crippen LogP contribution in [0, 0.1) is 46.3 Å². The van der Waals surface area contributed by atoms with E-state index in [0.29, 0.717) is 17.3 Å². The molecule has 0 unspecified atom stereocenters. The molecule has 4 aliphatic rings. The summed E-state index contributed by atoms with van der Waals surface area (Å²) in [6, 6.07) is -0.485.